The Morgan fingerprint density at radius 2 is 1.88 bits per heavy atom. The van der Waals surface area contributed by atoms with Gasteiger partial charge in [-0.3, -0.25) is 0 Å². The van der Waals surface area contributed by atoms with Gasteiger partial charge in [0.05, 0.1) is 12.5 Å². The van der Waals surface area contributed by atoms with Gasteiger partial charge in [0.1, 0.15) is 5.82 Å². The van der Waals surface area contributed by atoms with Gasteiger partial charge in [0, 0.05) is 5.56 Å². The molecule has 0 N–H and O–H groups in total. The minimum atomic E-state index is -0.271. The number of benzene rings is 2. The van der Waals surface area contributed by atoms with Crippen molar-refractivity contribution >= 4 is 0 Å². The Bertz CT molecular complexity index is 582. The maximum atomic E-state index is 13.9. The van der Waals surface area contributed by atoms with Crippen LogP contribution in [0.1, 0.15) is 11.1 Å². The molecule has 0 heterocycles. The van der Waals surface area contributed by atoms with Crippen molar-refractivity contribution in [2.45, 2.75) is 13.3 Å². The molecule has 0 amide bonds. The molecule has 0 aliphatic heterocycles. The van der Waals surface area contributed by atoms with E-state index in [2.05, 4.69) is 0 Å². The Labute approximate surface area is 100 Å². The largest absolute Gasteiger partial charge is 0.206 e. The lowest BCUT2D eigenvalue weighted by Crippen LogP contribution is -1.90. The van der Waals surface area contributed by atoms with Crippen molar-refractivity contribution in [2.24, 2.45) is 0 Å². The Morgan fingerprint density at radius 1 is 1.12 bits per heavy atom. The molecule has 2 aromatic rings. The maximum absolute atomic E-state index is 13.9. The van der Waals surface area contributed by atoms with E-state index in [1.54, 1.807) is 12.1 Å². The second kappa shape index (κ2) is 4.80. The predicted octanol–water partition coefficient (Wildman–Crippen LogP) is 3.87. The van der Waals surface area contributed by atoms with Crippen LogP contribution in [0.15, 0.2) is 42.5 Å². The van der Waals surface area contributed by atoms with Crippen molar-refractivity contribution in [3.8, 4) is 17.2 Å². The molecule has 84 valence electrons. The van der Waals surface area contributed by atoms with Gasteiger partial charge in [-0.1, -0.05) is 36.4 Å². The van der Waals surface area contributed by atoms with Gasteiger partial charge < -0.3 is 0 Å². The van der Waals surface area contributed by atoms with Crippen LogP contribution in [-0.2, 0) is 6.42 Å². The van der Waals surface area contributed by atoms with Crippen LogP contribution in [0.3, 0.4) is 0 Å². The third-order valence-corrected chi connectivity index (χ3v) is 2.75. The first kappa shape index (κ1) is 11.3. The molecular formula is C15H12FN. The molecule has 0 aromatic heterocycles. The minimum absolute atomic E-state index is 0.241. The average Bonchev–Trinajstić information content (AvgIpc) is 2.31. The summed E-state index contributed by atoms with van der Waals surface area (Å²) in [5, 5.41) is 8.57. The molecule has 17 heavy (non-hydrogen) atoms. The predicted molar refractivity (Wildman–Crippen MR) is 65.9 cm³/mol. The van der Waals surface area contributed by atoms with Gasteiger partial charge in [-0.15, -0.1) is 0 Å². The van der Waals surface area contributed by atoms with Gasteiger partial charge >= 0.3 is 0 Å². The molecule has 0 saturated carbocycles. The van der Waals surface area contributed by atoms with E-state index in [0.717, 1.165) is 11.1 Å². The molecule has 0 aliphatic rings. The molecule has 2 aromatic carbocycles. The van der Waals surface area contributed by atoms with Crippen LogP contribution < -0.4 is 0 Å². The highest BCUT2D eigenvalue weighted by atomic mass is 19.1. The van der Waals surface area contributed by atoms with E-state index in [9.17, 15) is 4.39 Å². The maximum Gasteiger partial charge on any atom is 0.131 e. The second-order valence-corrected chi connectivity index (χ2v) is 3.96. The van der Waals surface area contributed by atoms with Crippen molar-refractivity contribution in [1.29, 1.82) is 5.26 Å². The van der Waals surface area contributed by atoms with Gasteiger partial charge in [-0.25, -0.2) is 4.39 Å². The molecule has 0 spiro atoms. The fourth-order valence-corrected chi connectivity index (χ4v) is 1.85. The zero-order valence-electron chi connectivity index (χ0n) is 9.57. The highest BCUT2D eigenvalue weighted by Gasteiger charge is 2.07. The fraction of sp³-hybridized carbons (Fsp3) is 0.133. The van der Waals surface area contributed by atoms with Crippen molar-refractivity contribution in [2.75, 3.05) is 0 Å². The second-order valence-electron chi connectivity index (χ2n) is 3.96. The Morgan fingerprint density at radius 3 is 2.53 bits per heavy atom. The summed E-state index contributed by atoms with van der Waals surface area (Å²) in [6.07, 6.45) is 0.241. The summed E-state index contributed by atoms with van der Waals surface area (Å²) in [6, 6.07) is 14.7. The van der Waals surface area contributed by atoms with Gasteiger partial charge in [-0.2, -0.15) is 5.26 Å². The van der Waals surface area contributed by atoms with Gasteiger partial charge in [0.2, 0.25) is 0 Å². The van der Waals surface area contributed by atoms with Crippen molar-refractivity contribution in [3.05, 3.63) is 59.4 Å². The smallest absolute Gasteiger partial charge is 0.131 e. The summed E-state index contributed by atoms with van der Waals surface area (Å²) in [7, 11) is 0. The lowest BCUT2D eigenvalue weighted by atomic mass is 9.98. The molecule has 0 fully saturated rings. The van der Waals surface area contributed by atoms with Crippen molar-refractivity contribution in [3.63, 3.8) is 0 Å². The molecule has 0 saturated heterocycles. The molecule has 1 nitrogen and oxygen atoms in total. The van der Waals surface area contributed by atoms with Crippen molar-refractivity contribution < 1.29 is 4.39 Å². The molecular weight excluding hydrogens is 213 g/mol. The van der Waals surface area contributed by atoms with E-state index >= 15 is 0 Å². The van der Waals surface area contributed by atoms with Crippen LogP contribution in [0, 0.1) is 24.1 Å². The summed E-state index contributed by atoms with van der Waals surface area (Å²) in [6.45, 7) is 1.96. The van der Waals surface area contributed by atoms with Crippen LogP contribution in [0.5, 0.6) is 0 Å². The Balaban J connectivity index is 2.48. The Kier molecular flexibility index (Phi) is 3.20. The third-order valence-electron chi connectivity index (χ3n) is 2.75. The molecule has 2 heteroatoms. The normalized spacial score (nSPS) is 9.94. The van der Waals surface area contributed by atoms with E-state index in [0.29, 0.717) is 11.1 Å². The lowest BCUT2D eigenvalue weighted by Gasteiger charge is -2.07. The average molecular weight is 225 g/mol. The van der Waals surface area contributed by atoms with E-state index in [4.69, 9.17) is 5.26 Å². The number of aryl methyl sites for hydroxylation is 1. The topological polar surface area (TPSA) is 23.8 Å². The molecule has 0 radical (unpaired) electrons. The number of nitriles is 1. The zero-order chi connectivity index (χ0) is 12.3. The molecule has 2 rings (SSSR count). The summed E-state index contributed by atoms with van der Waals surface area (Å²) >= 11 is 0. The Hall–Kier alpha value is -2.14. The van der Waals surface area contributed by atoms with Crippen LogP contribution in [0.2, 0.25) is 0 Å². The molecule has 0 aliphatic carbocycles. The SMILES string of the molecule is Cc1ccccc1-c1ccc(CC#N)cc1F. The molecule has 0 atom stereocenters. The summed E-state index contributed by atoms with van der Waals surface area (Å²) in [5.74, 6) is -0.271. The van der Waals surface area contributed by atoms with Gasteiger partial charge in [0.25, 0.3) is 0 Å². The molecule has 0 bridgehead atoms. The minimum Gasteiger partial charge on any atom is -0.206 e. The highest BCUT2D eigenvalue weighted by Crippen LogP contribution is 2.26. The van der Waals surface area contributed by atoms with Crippen LogP contribution in [0.25, 0.3) is 11.1 Å². The quantitative estimate of drug-likeness (QED) is 0.761. The standard InChI is InChI=1S/C15H12FN/c1-11-4-2-3-5-13(11)14-7-6-12(8-9-17)10-15(14)16/h2-7,10H,8H2,1H3. The summed E-state index contributed by atoms with van der Waals surface area (Å²) in [4.78, 5) is 0. The number of nitrogens with zero attached hydrogens (tertiary/aromatic N) is 1. The summed E-state index contributed by atoms with van der Waals surface area (Å²) < 4.78 is 13.9. The van der Waals surface area contributed by atoms with Crippen LogP contribution in [0.4, 0.5) is 4.39 Å². The summed E-state index contributed by atoms with van der Waals surface area (Å²) in [5.41, 5.74) is 3.24. The van der Waals surface area contributed by atoms with Gasteiger partial charge in [0.15, 0.2) is 0 Å². The number of hydrogen-bond donors (Lipinski definition) is 0. The van der Waals surface area contributed by atoms with Crippen LogP contribution in [-0.4, -0.2) is 0 Å². The lowest BCUT2D eigenvalue weighted by molar-refractivity contribution is 0.629. The van der Waals surface area contributed by atoms with Crippen molar-refractivity contribution in [1.82, 2.24) is 0 Å². The monoisotopic (exact) mass is 225 g/mol. The van der Waals surface area contributed by atoms with Gasteiger partial charge in [-0.05, 0) is 29.7 Å². The number of halogens is 1. The van der Waals surface area contributed by atoms with E-state index in [1.807, 2.05) is 37.3 Å². The first-order valence-corrected chi connectivity index (χ1v) is 5.44. The number of hydrogen-bond acceptors (Lipinski definition) is 1. The van der Waals surface area contributed by atoms with E-state index in [1.165, 1.54) is 6.07 Å². The highest BCUT2D eigenvalue weighted by molar-refractivity contribution is 5.68. The zero-order valence-corrected chi connectivity index (χ0v) is 9.57. The van der Waals surface area contributed by atoms with E-state index in [-0.39, 0.29) is 12.2 Å². The third kappa shape index (κ3) is 2.34. The fourth-order valence-electron chi connectivity index (χ4n) is 1.85. The molecule has 0 unspecified atom stereocenters. The van der Waals surface area contributed by atoms with Crippen LogP contribution >= 0.6 is 0 Å². The first-order chi connectivity index (χ1) is 8.22. The first-order valence-electron chi connectivity index (χ1n) is 5.44. The van der Waals surface area contributed by atoms with E-state index < -0.39 is 0 Å². The number of rotatable bonds is 2.